The van der Waals surface area contributed by atoms with E-state index in [4.69, 9.17) is 15.6 Å². The maximum atomic E-state index is 11.8. The van der Waals surface area contributed by atoms with Gasteiger partial charge in [-0.05, 0) is 38.5 Å². The molecular formula is C14H20N2O4. The van der Waals surface area contributed by atoms with Crippen LogP contribution in [0.25, 0.3) is 0 Å². The minimum Gasteiger partial charge on any atom is -0.481 e. The molecule has 0 aromatic heterocycles. The molecule has 2 unspecified atom stereocenters. The van der Waals surface area contributed by atoms with Crippen LogP contribution >= 0.6 is 0 Å². The number of nitrogens with one attached hydrogen (secondary N) is 1. The second kappa shape index (κ2) is 6.79. The Morgan fingerprint density at radius 2 is 2.05 bits per heavy atom. The average molecular weight is 280 g/mol. The predicted octanol–water partition coefficient (Wildman–Crippen LogP) is 1.65. The van der Waals surface area contributed by atoms with Gasteiger partial charge in [0.2, 0.25) is 0 Å². The van der Waals surface area contributed by atoms with Crippen molar-refractivity contribution in [2.24, 2.45) is 0 Å². The Morgan fingerprint density at radius 3 is 2.60 bits per heavy atom. The third kappa shape index (κ3) is 4.15. The number of anilines is 1. The number of rotatable bonds is 6. The molecule has 0 aliphatic heterocycles. The Bertz CT molecular complexity index is 502. The third-order valence-corrected chi connectivity index (χ3v) is 2.94. The van der Waals surface area contributed by atoms with Gasteiger partial charge in [-0.15, -0.1) is 0 Å². The van der Waals surface area contributed by atoms with Crippen LogP contribution in [0.2, 0.25) is 0 Å². The first-order valence-corrected chi connectivity index (χ1v) is 6.45. The van der Waals surface area contributed by atoms with E-state index in [1.165, 1.54) is 18.2 Å². The molecule has 110 valence electrons. The first kappa shape index (κ1) is 15.8. The quantitative estimate of drug-likeness (QED) is 0.688. The molecule has 6 heteroatoms. The second-order valence-electron chi connectivity index (χ2n) is 4.63. The smallest absolute Gasteiger partial charge is 0.337 e. The zero-order chi connectivity index (χ0) is 15.3. The van der Waals surface area contributed by atoms with Crippen LogP contribution in [0.3, 0.4) is 0 Å². The molecule has 0 radical (unpaired) electrons. The third-order valence-electron chi connectivity index (χ3n) is 2.94. The number of hydrogen-bond acceptors (Lipinski definition) is 4. The fourth-order valence-corrected chi connectivity index (χ4v) is 1.51. The summed E-state index contributed by atoms with van der Waals surface area (Å²) in [5, 5.41) is 11.8. The number of carboxylic acids is 1. The van der Waals surface area contributed by atoms with Crippen LogP contribution in [-0.4, -0.2) is 29.1 Å². The largest absolute Gasteiger partial charge is 0.481 e. The first-order chi connectivity index (χ1) is 9.35. The minimum absolute atomic E-state index is 0.0444. The van der Waals surface area contributed by atoms with E-state index in [1.54, 1.807) is 6.92 Å². The van der Waals surface area contributed by atoms with Gasteiger partial charge in [0.05, 0.1) is 5.56 Å². The van der Waals surface area contributed by atoms with Crippen LogP contribution in [0.1, 0.15) is 37.6 Å². The van der Waals surface area contributed by atoms with Crippen LogP contribution in [0, 0.1) is 0 Å². The summed E-state index contributed by atoms with van der Waals surface area (Å²) in [5.41, 5.74) is 5.66. The van der Waals surface area contributed by atoms with E-state index in [0.29, 0.717) is 5.75 Å². The van der Waals surface area contributed by atoms with Gasteiger partial charge in [0, 0.05) is 11.7 Å². The lowest BCUT2D eigenvalue weighted by Crippen LogP contribution is -2.41. The van der Waals surface area contributed by atoms with Gasteiger partial charge in [0.15, 0.2) is 6.10 Å². The van der Waals surface area contributed by atoms with Crippen molar-refractivity contribution in [3.05, 3.63) is 23.8 Å². The van der Waals surface area contributed by atoms with E-state index in [2.05, 4.69) is 5.32 Å². The van der Waals surface area contributed by atoms with Crippen molar-refractivity contribution >= 4 is 17.6 Å². The van der Waals surface area contributed by atoms with Gasteiger partial charge in [-0.3, -0.25) is 4.79 Å². The topological polar surface area (TPSA) is 102 Å². The maximum absolute atomic E-state index is 11.8. The molecule has 20 heavy (non-hydrogen) atoms. The van der Waals surface area contributed by atoms with E-state index in [0.717, 1.165) is 6.42 Å². The van der Waals surface area contributed by atoms with Gasteiger partial charge in [0.1, 0.15) is 5.75 Å². The number of nitrogen functional groups attached to an aromatic ring is 1. The fraction of sp³-hybridized carbons (Fsp3) is 0.429. The lowest BCUT2D eigenvalue weighted by Gasteiger charge is -2.18. The number of carbonyl (C=O) groups excluding carboxylic acids is 1. The Balaban J connectivity index is 2.75. The number of amides is 1. The Hall–Kier alpha value is -2.24. The first-order valence-electron chi connectivity index (χ1n) is 6.45. The highest BCUT2D eigenvalue weighted by Gasteiger charge is 2.17. The Labute approximate surface area is 117 Å². The number of carboxylic acid groups (broad SMARTS) is 1. The normalized spacial score (nSPS) is 13.3. The lowest BCUT2D eigenvalue weighted by atomic mass is 10.1. The summed E-state index contributed by atoms with van der Waals surface area (Å²) in [6, 6.07) is 4.35. The highest BCUT2D eigenvalue weighted by atomic mass is 16.5. The highest BCUT2D eigenvalue weighted by molar-refractivity contribution is 5.94. The number of aromatic carboxylic acids is 1. The van der Waals surface area contributed by atoms with Crippen LogP contribution in [0.4, 0.5) is 5.69 Å². The monoisotopic (exact) mass is 280 g/mol. The zero-order valence-electron chi connectivity index (χ0n) is 11.8. The molecule has 0 saturated heterocycles. The zero-order valence-corrected chi connectivity index (χ0v) is 11.8. The lowest BCUT2D eigenvalue weighted by molar-refractivity contribution is -0.127. The molecule has 0 bridgehead atoms. The van der Waals surface area contributed by atoms with Crippen molar-refractivity contribution in [1.29, 1.82) is 0 Å². The summed E-state index contributed by atoms with van der Waals surface area (Å²) in [6.45, 7) is 5.47. The summed E-state index contributed by atoms with van der Waals surface area (Å²) in [5.74, 6) is -1.08. The minimum atomic E-state index is -1.13. The molecule has 1 aromatic carbocycles. The second-order valence-corrected chi connectivity index (χ2v) is 4.63. The predicted molar refractivity (Wildman–Crippen MR) is 75.8 cm³/mol. The molecule has 0 aliphatic carbocycles. The standard InChI is InChI=1S/C14H20N2O4/c1-4-8(2)16-13(17)9(3)20-10-5-6-12(15)11(7-10)14(18)19/h5-9H,4,15H2,1-3H3,(H,16,17)(H,18,19). The number of hydrogen-bond donors (Lipinski definition) is 3. The average Bonchev–Trinajstić information content (AvgIpc) is 2.40. The van der Waals surface area contributed by atoms with E-state index >= 15 is 0 Å². The van der Waals surface area contributed by atoms with Gasteiger partial charge in [0.25, 0.3) is 5.91 Å². The Morgan fingerprint density at radius 1 is 1.40 bits per heavy atom. The maximum Gasteiger partial charge on any atom is 0.337 e. The number of nitrogens with two attached hydrogens (primary N) is 1. The van der Waals surface area contributed by atoms with Crippen molar-refractivity contribution in [1.82, 2.24) is 5.32 Å². The molecule has 0 spiro atoms. The van der Waals surface area contributed by atoms with Gasteiger partial charge in [-0.25, -0.2) is 4.79 Å². The van der Waals surface area contributed by atoms with Crippen molar-refractivity contribution in [2.45, 2.75) is 39.3 Å². The molecule has 2 atom stereocenters. The molecule has 1 rings (SSSR count). The molecule has 0 saturated carbocycles. The van der Waals surface area contributed by atoms with Crippen molar-refractivity contribution < 1.29 is 19.4 Å². The summed E-state index contributed by atoms with van der Waals surface area (Å²) in [4.78, 5) is 22.8. The van der Waals surface area contributed by atoms with Crippen LogP contribution < -0.4 is 15.8 Å². The van der Waals surface area contributed by atoms with Crippen LogP contribution in [-0.2, 0) is 4.79 Å². The molecule has 0 fully saturated rings. The molecule has 4 N–H and O–H groups in total. The van der Waals surface area contributed by atoms with E-state index in [9.17, 15) is 9.59 Å². The molecule has 1 aromatic rings. The van der Waals surface area contributed by atoms with Crippen molar-refractivity contribution in [3.8, 4) is 5.75 Å². The summed E-state index contributed by atoms with van der Waals surface area (Å²) >= 11 is 0. The summed E-state index contributed by atoms with van der Waals surface area (Å²) in [7, 11) is 0. The number of carbonyl (C=O) groups is 2. The van der Waals surface area contributed by atoms with E-state index in [1.807, 2.05) is 13.8 Å². The number of ether oxygens (including phenoxy) is 1. The van der Waals surface area contributed by atoms with Crippen LogP contribution in [0.5, 0.6) is 5.75 Å². The van der Waals surface area contributed by atoms with Crippen molar-refractivity contribution in [3.63, 3.8) is 0 Å². The van der Waals surface area contributed by atoms with E-state index < -0.39 is 12.1 Å². The van der Waals surface area contributed by atoms with E-state index in [-0.39, 0.29) is 23.2 Å². The van der Waals surface area contributed by atoms with Gasteiger partial charge >= 0.3 is 5.97 Å². The summed E-state index contributed by atoms with van der Waals surface area (Å²) in [6.07, 6.45) is 0.109. The fourth-order valence-electron chi connectivity index (χ4n) is 1.51. The molecule has 0 heterocycles. The van der Waals surface area contributed by atoms with Gasteiger partial charge < -0.3 is 20.9 Å². The molecular weight excluding hydrogens is 260 g/mol. The van der Waals surface area contributed by atoms with Crippen molar-refractivity contribution in [2.75, 3.05) is 5.73 Å². The molecule has 6 nitrogen and oxygen atoms in total. The number of benzene rings is 1. The summed E-state index contributed by atoms with van der Waals surface area (Å²) < 4.78 is 5.44. The molecule has 1 amide bonds. The van der Waals surface area contributed by atoms with Crippen LogP contribution in [0.15, 0.2) is 18.2 Å². The molecule has 0 aliphatic rings. The SMILES string of the molecule is CCC(C)NC(=O)C(C)Oc1ccc(N)c(C(=O)O)c1. The highest BCUT2D eigenvalue weighted by Crippen LogP contribution is 2.20. The Kier molecular flexibility index (Phi) is 5.37. The van der Waals surface area contributed by atoms with Gasteiger partial charge in [-0.2, -0.15) is 0 Å². The van der Waals surface area contributed by atoms with Gasteiger partial charge in [-0.1, -0.05) is 6.92 Å².